The normalized spacial score (nSPS) is 12.3. The molecule has 6 nitrogen and oxygen atoms in total. The highest BCUT2D eigenvalue weighted by molar-refractivity contribution is 9.10. The third-order valence-corrected chi connectivity index (χ3v) is 6.25. The fraction of sp³-hybridized carbons (Fsp3) is 0.143. The lowest BCUT2D eigenvalue weighted by Crippen LogP contribution is -2.47. The molecule has 0 bridgehead atoms. The van der Waals surface area contributed by atoms with E-state index in [2.05, 4.69) is 31.0 Å². The lowest BCUT2D eigenvalue weighted by molar-refractivity contribution is -0.122. The van der Waals surface area contributed by atoms with E-state index in [9.17, 15) is 13.2 Å². The summed E-state index contributed by atoms with van der Waals surface area (Å²) in [5, 5.41) is 2.80. The maximum absolute atomic E-state index is 12.8. The Morgan fingerprint density at radius 1 is 0.931 bits per heavy atom. The van der Waals surface area contributed by atoms with Gasteiger partial charge in [0, 0.05) is 23.4 Å². The van der Waals surface area contributed by atoms with E-state index in [4.69, 9.17) is 0 Å². The van der Waals surface area contributed by atoms with Crippen molar-refractivity contribution < 1.29 is 13.2 Å². The Labute approximate surface area is 178 Å². The molecule has 2 aromatic carbocycles. The summed E-state index contributed by atoms with van der Waals surface area (Å²) in [6.07, 6.45) is 3.51. The second-order valence-corrected chi connectivity index (χ2v) is 9.02. The third-order valence-electron chi connectivity index (χ3n) is 4.24. The van der Waals surface area contributed by atoms with Gasteiger partial charge in [0.2, 0.25) is 15.9 Å². The van der Waals surface area contributed by atoms with Crippen molar-refractivity contribution in [2.75, 3.05) is 0 Å². The van der Waals surface area contributed by atoms with Crippen molar-refractivity contribution in [2.24, 2.45) is 0 Å². The molecule has 1 atom stereocenters. The number of nitrogens with one attached hydrogen (secondary N) is 2. The van der Waals surface area contributed by atoms with Crippen molar-refractivity contribution in [2.45, 2.75) is 23.9 Å². The number of amides is 1. The van der Waals surface area contributed by atoms with E-state index >= 15 is 0 Å². The Morgan fingerprint density at radius 2 is 1.59 bits per heavy atom. The van der Waals surface area contributed by atoms with Gasteiger partial charge in [-0.2, -0.15) is 4.72 Å². The predicted octanol–water partition coefficient (Wildman–Crippen LogP) is 3.05. The standard InChI is InChI=1S/C21H20BrN3O3S/c22-18-6-8-19(9-7-18)29(27,28)25-20(14-16-4-2-1-3-5-16)21(26)24-15-17-10-12-23-13-11-17/h1-13,20,25H,14-15H2,(H,24,26)/t20-/m1/s1. The van der Waals surface area contributed by atoms with Gasteiger partial charge in [0.15, 0.2) is 0 Å². The predicted molar refractivity (Wildman–Crippen MR) is 114 cm³/mol. The summed E-state index contributed by atoms with van der Waals surface area (Å²) in [4.78, 5) is 16.9. The Hall–Kier alpha value is -2.55. The van der Waals surface area contributed by atoms with Crippen LogP contribution in [0.25, 0.3) is 0 Å². The number of aromatic nitrogens is 1. The lowest BCUT2D eigenvalue weighted by Gasteiger charge is -2.19. The zero-order chi connectivity index (χ0) is 20.7. The van der Waals surface area contributed by atoms with Crippen molar-refractivity contribution >= 4 is 31.9 Å². The molecule has 3 rings (SSSR count). The molecule has 0 unspecified atom stereocenters. The summed E-state index contributed by atoms with van der Waals surface area (Å²) < 4.78 is 28.9. The van der Waals surface area contributed by atoms with Crippen LogP contribution in [0.2, 0.25) is 0 Å². The topological polar surface area (TPSA) is 88.2 Å². The van der Waals surface area contributed by atoms with E-state index in [0.29, 0.717) is 0 Å². The van der Waals surface area contributed by atoms with Crippen molar-refractivity contribution in [1.29, 1.82) is 0 Å². The van der Waals surface area contributed by atoms with Crippen LogP contribution in [0, 0.1) is 0 Å². The SMILES string of the molecule is O=C(NCc1ccncc1)[C@@H](Cc1ccccc1)NS(=O)(=O)c1ccc(Br)cc1. The first-order chi connectivity index (χ1) is 13.9. The van der Waals surface area contributed by atoms with Crippen LogP contribution in [-0.2, 0) is 27.8 Å². The van der Waals surface area contributed by atoms with Crippen molar-refractivity contribution in [3.63, 3.8) is 0 Å². The van der Waals surface area contributed by atoms with E-state index in [1.807, 2.05) is 30.3 Å². The highest BCUT2D eigenvalue weighted by Gasteiger charge is 2.26. The van der Waals surface area contributed by atoms with E-state index in [-0.39, 0.29) is 17.9 Å². The number of halogens is 1. The maximum atomic E-state index is 12.8. The number of carbonyl (C=O) groups excluding carboxylic acids is 1. The molecule has 0 fully saturated rings. The number of hydrogen-bond acceptors (Lipinski definition) is 4. The molecule has 0 saturated carbocycles. The summed E-state index contributed by atoms with van der Waals surface area (Å²) >= 11 is 3.29. The largest absolute Gasteiger partial charge is 0.351 e. The first kappa shape index (κ1) is 21.2. The molecule has 0 radical (unpaired) electrons. The second kappa shape index (κ2) is 9.78. The van der Waals surface area contributed by atoms with Crippen LogP contribution in [0.5, 0.6) is 0 Å². The third kappa shape index (κ3) is 6.22. The summed E-state index contributed by atoms with van der Waals surface area (Å²) in [5.74, 6) is -0.397. The quantitative estimate of drug-likeness (QED) is 0.526. The lowest BCUT2D eigenvalue weighted by atomic mass is 10.1. The van der Waals surface area contributed by atoms with Crippen molar-refractivity contribution in [3.8, 4) is 0 Å². The van der Waals surface area contributed by atoms with Gasteiger partial charge in [0.25, 0.3) is 0 Å². The summed E-state index contributed by atoms with van der Waals surface area (Å²) in [6.45, 7) is 0.284. The zero-order valence-corrected chi connectivity index (χ0v) is 17.9. The summed E-state index contributed by atoms with van der Waals surface area (Å²) in [7, 11) is -3.87. The van der Waals surface area contributed by atoms with Gasteiger partial charge >= 0.3 is 0 Å². The zero-order valence-electron chi connectivity index (χ0n) is 15.5. The van der Waals surface area contributed by atoms with E-state index in [1.54, 1.807) is 36.7 Å². The Bertz CT molecular complexity index is 1040. The van der Waals surface area contributed by atoms with Crippen LogP contribution in [0.1, 0.15) is 11.1 Å². The first-order valence-corrected chi connectivity index (χ1v) is 11.2. The molecular formula is C21H20BrN3O3S. The van der Waals surface area contributed by atoms with Gasteiger partial charge in [-0.3, -0.25) is 9.78 Å². The minimum absolute atomic E-state index is 0.0979. The fourth-order valence-corrected chi connectivity index (χ4v) is 4.18. The van der Waals surface area contributed by atoms with E-state index < -0.39 is 22.0 Å². The van der Waals surface area contributed by atoms with Crippen LogP contribution in [0.4, 0.5) is 0 Å². The van der Waals surface area contributed by atoms with Gasteiger partial charge in [-0.15, -0.1) is 0 Å². The number of pyridine rings is 1. The molecule has 0 saturated heterocycles. The molecule has 29 heavy (non-hydrogen) atoms. The van der Waals surface area contributed by atoms with Crippen LogP contribution >= 0.6 is 15.9 Å². The second-order valence-electron chi connectivity index (χ2n) is 6.39. The van der Waals surface area contributed by atoms with Gasteiger partial charge < -0.3 is 5.32 Å². The van der Waals surface area contributed by atoms with Crippen LogP contribution in [0.3, 0.4) is 0 Å². The van der Waals surface area contributed by atoms with Gasteiger partial charge in [0.05, 0.1) is 4.90 Å². The van der Waals surface area contributed by atoms with Gasteiger partial charge in [0.1, 0.15) is 6.04 Å². The number of nitrogens with zero attached hydrogens (tertiary/aromatic N) is 1. The molecule has 0 aliphatic carbocycles. The average molecular weight is 474 g/mol. The molecule has 8 heteroatoms. The highest BCUT2D eigenvalue weighted by Crippen LogP contribution is 2.16. The highest BCUT2D eigenvalue weighted by atomic mass is 79.9. The van der Waals surface area contributed by atoms with Gasteiger partial charge in [-0.1, -0.05) is 46.3 Å². The van der Waals surface area contributed by atoms with Crippen LogP contribution < -0.4 is 10.0 Å². The van der Waals surface area contributed by atoms with Crippen molar-refractivity contribution in [1.82, 2.24) is 15.0 Å². The summed E-state index contributed by atoms with van der Waals surface area (Å²) in [6, 6.07) is 18.2. The van der Waals surface area contributed by atoms with Crippen molar-refractivity contribution in [3.05, 3.63) is 94.7 Å². The number of hydrogen-bond donors (Lipinski definition) is 2. The molecule has 2 N–H and O–H groups in total. The first-order valence-electron chi connectivity index (χ1n) is 8.92. The number of rotatable bonds is 8. The van der Waals surface area contributed by atoms with Gasteiger partial charge in [-0.05, 0) is 53.9 Å². The molecule has 3 aromatic rings. The monoisotopic (exact) mass is 473 g/mol. The Kier molecular flexibility index (Phi) is 7.13. The molecule has 1 amide bonds. The van der Waals surface area contributed by atoms with Crippen LogP contribution in [-0.4, -0.2) is 25.4 Å². The molecular weight excluding hydrogens is 454 g/mol. The number of sulfonamides is 1. The van der Waals surface area contributed by atoms with Gasteiger partial charge in [-0.25, -0.2) is 8.42 Å². The molecule has 150 valence electrons. The molecule has 0 aliphatic rings. The number of benzene rings is 2. The molecule has 1 aromatic heterocycles. The summed E-state index contributed by atoms with van der Waals surface area (Å²) in [5.41, 5.74) is 1.73. The Balaban J connectivity index is 1.78. The number of carbonyl (C=O) groups is 1. The Morgan fingerprint density at radius 3 is 2.24 bits per heavy atom. The average Bonchev–Trinajstić information content (AvgIpc) is 2.73. The molecule has 0 aliphatic heterocycles. The fourth-order valence-electron chi connectivity index (χ4n) is 2.72. The molecule has 0 spiro atoms. The smallest absolute Gasteiger partial charge is 0.241 e. The molecule has 1 heterocycles. The van der Waals surface area contributed by atoms with Crippen LogP contribution in [0.15, 0.2) is 88.5 Å². The maximum Gasteiger partial charge on any atom is 0.241 e. The van der Waals surface area contributed by atoms with E-state index in [1.165, 1.54) is 12.1 Å². The minimum Gasteiger partial charge on any atom is -0.351 e. The van der Waals surface area contributed by atoms with E-state index in [0.717, 1.165) is 15.6 Å². The minimum atomic E-state index is -3.87.